The smallest absolute Gasteiger partial charge is 0.171 e. The van der Waals surface area contributed by atoms with Gasteiger partial charge in [-0.05, 0) is 31.5 Å². The maximum Gasteiger partial charge on any atom is 0.171 e. The fraction of sp³-hybridized carbons (Fsp3) is 0.333. The zero-order valence-corrected chi connectivity index (χ0v) is 12.5. The molecule has 0 radical (unpaired) electrons. The number of Topliss-reactive ketones (excluding diaryl/α,β-unsaturated/α-hetero) is 1. The summed E-state index contributed by atoms with van der Waals surface area (Å²) in [6.45, 7) is 4.33. The third kappa shape index (κ3) is 3.13. The number of benzene rings is 1. The number of carbonyl (C=O) groups is 1. The van der Waals surface area contributed by atoms with E-state index in [1.165, 1.54) is 0 Å². The van der Waals surface area contributed by atoms with Crippen LogP contribution in [0.25, 0.3) is 0 Å². The predicted molar refractivity (Wildman–Crippen MR) is 76.7 cm³/mol. The lowest BCUT2D eigenvalue weighted by Gasteiger charge is -2.06. The quantitative estimate of drug-likeness (QED) is 0.787. The molecule has 0 amide bonds. The molecule has 0 spiro atoms. The van der Waals surface area contributed by atoms with Gasteiger partial charge in [-0.2, -0.15) is 5.10 Å². The third-order valence-electron chi connectivity index (χ3n) is 3.25. The van der Waals surface area contributed by atoms with Gasteiger partial charge in [-0.15, -0.1) is 0 Å². The average molecular weight is 313 g/mol. The van der Waals surface area contributed by atoms with Gasteiger partial charge in [-0.1, -0.05) is 18.5 Å². The van der Waals surface area contributed by atoms with Crippen LogP contribution in [0.4, 0.5) is 8.78 Å². The Labute approximate surface area is 126 Å². The Morgan fingerprint density at radius 2 is 2.05 bits per heavy atom. The molecule has 2 rings (SSSR count). The van der Waals surface area contributed by atoms with E-state index in [1.807, 2.05) is 13.8 Å². The molecule has 3 nitrogen and oxygen atoms in total. The van der Waals surface area contributed by atoms with Gasteiger partial charge in [0.05, 0.1) is 28.4 Å². The van der Waals surface area contributed by atoms with Crippen molar-refractivity contribution in [1.82, 2.24) is 9.78 Å². The van der Waals surface area contributed by atoms with Crippen molar-refractivity contribution in [2.24, 2.45) is 0 Å². The molecule has 1 aromatic carbocycles. The predicted octanol–water partition coefficient (Wildman–Crippen LogP) is 3.82. The van der Waals surface area contributed by atoms with Gasteiger partial charge in [0.15, 0.2) is 5.78 Å². The van der Waals surface area contributed by atoms with Crippen molar-refractivity contribution < 1.29 is 13.6 Å². The van der Waals surface area contributed by atoms with Crippen LogP contribution >= 0.6 is 11.6 Å². The molecule has 6 heteroatoms. The normalized spacial score (nSPS) is 10.9. The van der Waals surface area contributed by atoms with E-state index in [-0.39, 0.29) is 12.0 Å². The highest BCUT2D eigenvalue weighted by Crippen LogP contribution is 2.23. The minimum Gasteiger partial charge on any atom is -0.294 e. The van der Waals surface area contributed by atoms with Gasteiger partial charge < -0.3 is 0 Å². The Hall–Kier alpha value is -1.75. The van der Waals surface area contributed by atoms with E-state index < -0.39 is 17.4 Å². The van der Waals surface area contributed by atoms with Crippen molar-refractivity contribution in [2.45, 2.75) is 33.2 Å². The molecule has 1 heterocycles. The fourth-order valence-electron chi connectivity index (χ4n) is 2.14. The second-order valence-corrected chi connectivity index (χ2v) is 4.98. The highest BCUT2D eigenvalue weighted by molar-refractivity contribution is 6.32. The number of hydrogen-bond acceptors (Lipinski definition) is 2. The largest absolute Gasteiger partial charge is 0.294 e. The molecule has 0 fully saturated rings. The summed E-state index contributed by atoms with van der Waals surface area (Å²) in [7, 11) is 0. The summed E-state index contributed by atoms with van der Waals surface area (Å²) < 4.78 is 28.4. The molecule has 0 aliphatic carbocycles. The molecule has 1 aromatic heterocycles. The maximum absolute atomic E-state index is 13.6. The van der Waals surface area contributed by atoms with Crippen LogP contribution in [0.2, 0.25) is 5.02 Å². The van der Waals surface area contributed by atoms with Crippen molar-refractivity contribution in [2.75, 3.05) is 0 Å². The van der Waals surface area contributed by atoms with Crippen LogP contribution in [0, 0.1) is 11.6 Å². The first-order valence-corrected chi connectivity index (χ1v) is 7.08. The van der Waals surface area contributed by atoms with Gasteiger partial charge in [0.2, 0.25) is 0 Å². The first-order valence-electron chi connectivity index (χ1n) is 6.70. The Bertz CT molecular complexity index is 683. The van der Waals surface area contributed by atoms with Gasteiger partial charge >= 0.3 is 0 Å². The Morgan fingerprint density at radius 3 is 2.67 bits per heavy atom. The summed E-state index contributed by atoms with van der Waals surface area (Å²) in [5, 5.41) is 4.72. The number of nitrogens with zero attached hydrogens (tertiary/aromatic N) is 2. The van der Waals surface area contributed by atoms with Crippen LogP contribution in [0.5, 0.6) is 0 Å². The van der Waals surface area contributed by atoms with Crippen LogP contribution < -0.4 is 0 Å². The number of aryl methyl sites for hydroxylation is 2. The van der Waals surface area contributed by atoms with E-state index in [2.05, 4.69) is 5.10 Å². The summed E-state index contributed by atoms with van der Waals surface area (Å²) in [6, 6.07) is 2.82. The van der Waals surface area contributed by atoms with Gasteiger partial charge in [0.25, 0.3) is 0 Å². The molecular formula is C15H15ClF2N2O. The van der Waals surface area contributed by atoms with Gasteiger partial charge in [-0.25, -0.2) is 8.78 Å². The fourth-order valence-corrected chi connectivity index (χ4v) is 2.48. The van der Waals surface area contributed by atoms with Crippen molar-refractivity contribution in [3.05, 3.63) is 51.8 Å². The number of ketones is 1. The first-order chi connectivity index (χ1) is 9.97. The molecule has 0 saturated heterocycles. The first kappa shape index (κ1) is 15.6. The highest BCUT2D eigenvalue weighted by Gasteiger charge is 2.20. The molecular weight excluding hydrogens is 298 g/mol. The van der Waals surface area contributed by atoms with Crippen LogP contribution in [0.1, 0.15) is 35.6 Å². The zero-order valence-electron chi connectivity index (χ0n) is 11.8. The third-order valence-corrected chi connectivity index (χ3v) is 3.69. The van der Waals surface area contributed by atoms with E-state index in [4.69, 9.17) is 11.6 Å². The van der Waals surface area contributed by atoms with Crippen molar-refractivity contribution >= 4 is 17.4 Å². The average Bonchev–Trinajstić information content (AvgIpc) is 2.77. The molecule has 0 saturated carbocycles. The van der Waals surface area contributed by atoms with E-state index in [1.54, 1.807) is 4.68 Å². The number of carbonyl (C=O) groups excluding carboxylic acids is 1. The molecule has 0 atom stereocenters. The van der Waals surface area contributed by atoms with Crippen LogP contribution in [-0.2, 0) is 19.4 Å². The summed E-state index contributed by atoms with van der Waals surface area (Å²) in [5.41, 5.74) is 0.957. The standard InChI is InChI=1S/C15H15ClF2N2O/c1-3-12-15(16)13(20(4-2)19-12)8-14(21)10-7-9(17)5-6-11(10)18/h5-7H,3-4,8H2,1-2H3. The topological polar surface area (TPSA) is 34.9 Å². The van der Waals surface area contributed by atoms with E-state index in [0.717, 1.165) is 18.2 Å². The Balaban J connectivity index is 2.35. The van der Waals surface area contributed by atoms with E-state index in [9.17, 15) is 13.6 Å². The molecule has 0 aliphatic rings. The molecule has 0 N–H and O–H groups in total. The molecule has 112 valence electrons. The monoisotopic (exact) mass is 312 g/mol. The van der Waals surface area contributed by atoms with Crippen molar-refractivity contribution in [3.63, 3.8) is 0 Å². The van der Waals surface area contributed by atoms with Crippen LogP contribution in [0.15, 0.2) is 18.2 Å². The van der Waals surface area contributed by atoms with Gasteiger partial charge in [0.1, 0.15) is 11.6 Å². The summed E-state index contributed by atoms with van der Waals surface area (Å²) >= 11 is 6.21. The Morgan fingerprint density at radius 1 is 1.33 bits per heavy atom. The molecule has 0 unspecified atom stereocenters. The molecule has 0 aliphatic heterocycles. The van der Waals surface area contributed by atoms with Crippen LogP contribution in [-0.4, -0.2) is 15.6 Å². The second kappa shape index (κ2) is 6.35. The minimum atomic E-state index is -0.740. The lowest BCUT2D eigenvalue weighted by molar-refractivity contribution is 0.0986. The molecule has 0 bridgehead atoms. The van der Waals surface area contributed by atoms with Crippen LogP contribution in [0.3, 0.4) is 0 Å². The van der Waals surface area contributed by atoms with Gasteiger partial charge in [-0.3, -0.25) is 9.48 Å². The molecule has 2 aromatic rings. The summed E-state index contributed by atoms with van der Waals surface area (Å²) in [4.78, 5) is 12.2. The van der Waals surface area contributed by atoms with Crippen molar-refractivity contribution in [1.29, 1.82) is 0 Å². The van der Waals surface area contributed by atoms with Crippen molar-refractivity contribution in [3.8, 4) is 0 Å². The summed E-state index contributed by atoms with van der Waals surface area (Å²) in [5.74, 6) is -1.91. The Kier molecular flexibility index (Phi) is 4.73. The van der Waals surface area contributed by atoms with Gasteiger partial charge in [0, 0.05) is 6.54 Å². The second-order valence-electron chi connectivity index (χ2n) is 4.60. The lowest BCUT2D eigenvalue weighted by Crippen LogP contribution is -2.11. The number of rotatable bonds is 5. The number of halogens is 3. The lowest BCUT2D eigenvalue weighted by atomic mass is 10.1. The van der Waals surface area contributed by atoms with E-state index >= 15 is 0 Å². The minimum absolute atomic E-state index is 0.111. The SMILES string of the molecule is CCc1nn(CC)c(CC(=O)c2cc(F)ccc2F)c1Cl. The zero-order chi connectivity index (χ0) is 15.6. The number of hydrogen-bond donors (Lipinski definition) is 0. The molecule has 21 heavy (non-hydrogen) atoms. The number of aromatic nitrogens is 2. The highest BCUT2D eigenvalue weighted by atomic mass is 35.5. The summed E-state index contributed by atoms with van der Waals surface area (Å²) in [6.07, 6.45) is 0.529. The van der Waals surface area contributed by atoms with E-state index in [0.29, 0.717) is 29.4 Å². The maximum atomic E-state index is 13.6.